The van der Waals surface area contributed by atoms with E-state index in [9.17, 15) is 4.79 Å². The quantitative estimate of drug-likeness (QED) is 0.383. The van der Waals surface area contributed by atoms with Crippen LogP contribution in [0.3, 0.4) is 0 Å². The zero-order chi connectivity index (χ0) is 26.1. The van der Waals surface area contributed by atoms with Crippen molar-refractivity contribution in [1.82, 2.24) is 5.01 Å². The van der Waals surface area contributed by atoms with Crippen LogP contribution in [-0.4, -0.2) is 35.9 Å². The number of carbonyl (C=O) groups is 1. The Bertz CT molecular complexity index is 1310. The zero-order valence-corrected chi connectivity index (χ0v) is 22.2. The minimum Gasteiger partial charge on any atom is -0.399 e. The highest BCUT2D eigenvalue weighted by molar-refractivity contribution is 6.14. The Kier molecular flexibility index (Phi) is 6.79. The van der Waals surface area contributed by atoms with Crippen LogP contribution >= 0.6 is 0 Å². The highest BCUT2D eigenvalue weighted by atomic mass is 16.2. The van der Waals surface area contributed by atoms with Gasteiger partial charge in [0, 0.05) is 35.9 Å². The highest BCUT2D eigenvalue weighted by Crippen LogP contribution is 2.39. The molecule has 2 N–H and O–H groups in total. The molecular weight excluding hydrogens is 470 g/mol. The van der Waals surface area contributed by atoms with E-state index in [4.69, 9.17) is 10.8 Å². The second-order valence-electron chi connectivity index (χ2n) is 10.9. The molecule has 0 spiro atoms. The lowest BCUT2D eigenvalue weighted by Gasteiger charge is -2.38. The second kappa shape index (κ2) is 10.5. The van der Waals surface area contributed by atoms with Crippen molar-refractivity contribution in [2.45, 2.75) is 57.9 Å². The Morgan fingerprint density at radius 2 is 1.53 bits per heavy atom. The van der Waals surface area contributed by atoms with Gasteiger partial charge in [-0.25, -0.2) is 9.80 Å². The molecule has 6 rings (SSSR count). The molecule has 3 aromatic carbocycles. The summed E-state index contributed by atoms with van der Waals surface area (Å²) >= 11 is 0. The van der Waals surface area contributed by atoms with Gasteiger partial charge in [0.1, 0.15) is 0 Å². The third kappa shape index (κ3) is 4.75. The Morgan fingerprint density at radius 1 is 0.816 bits per heavy atom. The number of fused-ring (bicyclic) bond motifs is 1. The number of hydrazone groups is 1. The third-order valence-corrected chi connectivity index (χ3v) is 8.35. The van der Waals surface area contributed by atoms with Crippen LogP contribution in [0, 0.1) is 12.8 Å². The van der Waals surface area contributed by atoms with Crippen LogP contribution in [0.15, 0.2) is 77.9 Å². The molecule has 0 radical (unpaired) electrons. The molecule has 1 aliphatic carbocycles. The van der Waals surface area contributed by atoms with Crippen molar-refractivity contribution in [3.8, 4) is 0 Å². The first-order valence-electron chi connectivity index (χ1n) is 14.1. The molecule has 2 fully saturated rings. The normalized spacial score (nSPS) is 19.2. The van der Waals surface area contributed by atoms with Crippen molar-refractivity contribution >= 4 is 34.5 Å². The molecule has 1 saturated carbocycles. The summed E-state index contributed by atoms with van der Waals surface area (Å²) in [6, 6.07) is 24.6. The van der Waals surface area contributed by atoms with E-state index in [0.29, 0.717) is 11.6 Å². The van der Waals surface area contributed by atoms with E-state index in [1.165, 1.54) is 24.9 Å². The molecule has 0 bridgehead atoms. The first-order valence-corrected chi connectivity index (χ1v) is 14.1. The Balaban J connectivity index is 1.41. The van der Waals surface area contributed by atoms with Crippen molar-refractivity contribution in [2.75, 3.05) is 28.6 Å². The van der Waals surface area contributed by atoms with Crippen LogP contribution in [0.5, 0.6) is 0 Å². The summed E-state index contributed by atoms with van der Waals surface area (Å²) in [5, 5.41) is 7.11. The van der Waals surface area contributed by atoms with Crippen LogP contribution in [-0.2, 0) is 0 Å². The third-order valence-electron chi connectivity index (χ3n) is 8.35. The summed E-state index contributed by atoms with van der Waals surface area (Å²) in [6.45, 7) is 3.90. The van der Waals surface area contributed by atoms with Crippen molar-refractivity contribution in [3.63, 3.8) is 0 Å². The minimum absolute atomic E-state index is 0.0488. The molecule has 38 heavy (non-hydrogen) atoms. The fourth-order valence-corrected chi connectivity index (χ4v) is 6.26. The SMILES string of the molecule is Cc1ccc2c(c1)N(c1ccc(N)cc1)C(=O)N(C1CCN(c3ccccc3)CC1)N=C2C1CCCCC1. The number of hydrogen-bond donors (Lipinski definition) is 1. The van der Waals surface area contributed by atoms with Crippen LogP contribution in [0.2, 0.25) is 0 Å². The number of nitrogens with two attached hydrogens (primary N) is 1. The van der Waals surface area contributed by atoms with Crippen molar-refractivity contribution in [3.05, 3.63) is 83.9 Å². The van der Waals surface area contributed by atoms with Gasteiger partial charge in [-0.2, -0.15) is 5.10 Å². The van der Waals surface area contributed by atoms with E-state index >= 15 is 0 Å². The maximum absolute atomic E-state index is 14.5. The van der Waals surface area contributed by atoms with Gasteiger partial charge in [-0.15, -0.1) is 0 Å². The van der Waals surface area contributed by atoms with Crippen LogP contribution in [0.4, 0.5) is 27.5 Å². The lowest BCUT2D eigenvalue weighted by molar-refractivity contribution is 0.174. The topological polar surface area (TPSA) is 65.2 Å². The summed E-state index contributed by atoms with van der Waals surface area (Å²) < 4.78 is 0. The lowest BCUT2D eigenvalue weighted by atomic mass is 9.82. The van der Waals surface area contributed by atoms with Gasteiger partial charge >= 0.3 is 6.03 Å². The van der Waals surface area contributed by atoms with E-state index in [1.807, 2.05) is 34.2 Å². The molecule has 1 saturated heterocycles. The van der Waals surface area contributed by atoms with E-state index < -0.39 is 0 Å². The molecule has 2 aliphatic heterocycles. The zero-order valence-electron chi connectivity index (χ0n) is 22.2. The molecule has 2 heterocycles. The molecular formula is C32H37N5O. The molecule has 0 aromatic heterocycles. The van der Waals surface area contributed by atoms with E-state index in [0.717, 1.165) is 67.0 Å². The molecule has 0 unspecified atom stereocenters. The van der Waals surface area contributed by atoms with E-state index in [1.54, 1.807) is 0 Å². The van der Waals surface area contributed by atoms with Crippen LogP contribution in [0.1, 0.15) is 56.1 Å². The monoisotopic (exact) mass is 507 g/mol. The molecule has 6 heteroatoms. The Labute approximate surface area is 225 Å². The lowest BCUT2D eigenvalue weighted by Crippen LogP contribution is -2.48. The van der Waals surface area contributed by atoms with Gasteiger partial charge in [-0.1, -0.05) is 49.6 Å². The number of urea groups is 1. The number of para-hydroxylation sites is 1. The predicted molar refractivity (Wildman–Crippen MR) is 156 cm³/mol. The van der Waals surface area contributed by atoms with Gasteiger partial charge in [0.05, 0.1) is 23.1 Å². The number of amides is 2. The van der Waals surface area contributed by atoms with Gasteiger partial charge in [-0.3, -0.25) is 4.90 Å². The number of nitrogens with zero attached hydrogens (tertiary/aromatic N) is 4. The number of rotatable bonds is 4. The van der Waals surface area contributed by atoms with E-state index in [2.05, 4.69) is 60.4 Å². The number of benzene rings is 3. The largest absolute Gasteiger partial charge is 0.399 e. The van der Waals surface area contributed by atoms with Gasteiger partial charge < -0.3 is 10.6 Å². The number of anilines is 4. The molecule has 3 aromatic rings. The predicted octanol–water partition coefficient (Wildman–Crippen LogP) is 7.10. The van der Waals surface area contributed by atoms with Crippen LogP contribution in [0.25, 0.3) is 0 Å². The van der Waals surface area contributed by atoms with Gasteiger partial charge in [0.15, 0.2) is 0 Å². The smallest absolute Gasteiger partial charge is 0.349 e. The summed E-state index contributed by atoms with van der Waals surface area (Å²) in [5.74, 6) is 0.372. The Hall–Kier alpha value is -3.80. The summed E-state index contributed by atoms with van der Waals surface area (Å²) in [5.41, 5.74) is 13.0. The first-order chi connectivity index (χ1) is 18.6. The summed E-state index contributed by atoms with van der Waals surface area (Å²) in [6.07, 6.45) is 7.74. The number of nitrogen functional groups attached to an aromatic ring is 1. The van der Waals surface area contributed by atoms with Gasteiger partial charge in [-0.05, 0) is 80.6 Å². The molecule has 0 atom stereocenters. The number of piperidine rings is 1. The Morgan fingerprint density at radius 3 is 2.24 bits per heavy atom. The number of hydrogen-bond acceptors (Lipinski definition) is 4. The fraction of sp³-hybridized carbons (Fsp3) is 0.375. The molecule has 6 nitrogen and oxygen atoms in total. The summed E-state index contributed by atoms with van der Waals surface area (Å²) in [4.78, 5) is 18.8. The highest BCUT2D eigenvalue weighted by Gasteiger charge is 2.38. The number of aryl methyl sites for hydroxylation is 1. The molecule has 3 aliphatic rings. The van der Waals surface area contributed by atoms with Crippen molar-refractivity contribution < 1.29 is 4.79 Å². The average molecular weight is 508 g/mol. The number of carbonyl (C=O) groups excluding carboxylic acids is 1. The fourth-order valence-electron chi connectivity index (χ4n) is 6.26. The summed E-state index contributed by atoms with van der Waals surface area (Å²) in [7, 11) is 0. The van der Waals surface area contributed by atoms with Gasteiger partial charge in [0.25, 0.3) is 0 Å². The minimum atomic E-state index is -0.0782. The van der Waals surface area contributed by atoms with Crippen molar-refractivity contribution in [2.24, 2.45) is 11.0 Å². The molecule has 196 valence electrons. The standard InChI is InChI=1S/C32H37N5O/c1-23-12-17-29-30(22-23)36(27-15-13-25(33)14-16-27)32(38)37(34-31(29)24-8-4-2-5-9-24)28-18-20-35(21-19-28)26-10-6-3-7-11-26/h3,6-7,10-17,22,24,28H,2,4-5,8-9,18-21,33H2,1H3. The second-order valence-corrected chi connectivity index (χ2v) is 10.9. The molecule has 2 amide bonds. The van der Waals surface area contributed by atoms with E-state index in [-0.39, 0.29) is 12.1 Å². The van der Waals surface area contributed by atoms with Crippen LogP contribution < -0.4 is 15.5 Å². The van der Waals surface area contributed by atoms with Gasteiger partial charge in [0.2, 0.25) is 0 Å². The first kappa shape index (κ1) is 24.5. The average Bonchev–Trinajstić information content (AvgIpc) is 3.08. The maximum Gasteiger partial charge on any atom is 0.349 e. The maximum atomic E-state index is 14.5. The van der Waals surface area contributed by atoms with Crippen molar-refractivity contribution in [1.29, 1.82) is 0 Å².